The molecule has 0 fully saturated rings. The molecule has 2 aromatic rings. The Kier molecular flexibility index (Phi) is 5.50. The summed E-state index contributed by atoms with van der Waals surface area (Å²) in [4.78, 5) is 17.8. The first-order valence-electron chi connectivity index (χ1n) is 7.31. The molecule has 0 bridgehead atoms. The zero-order valence-corrected chi connectivity index (χ0v) is 13.6. The molecule has 2 rings (SSSR count). The molecule has 0 aromatic carbocycles. The summed E-state index contributed by atoms with van der Waals surface area (Å²) in [5.74, 6) is 0.0934. The topological polar surface area (TPSA) is 70.7 Å². The minimum atomic E-state index is 0.0313. The summed E-state index contributed by atoms with van der Waals surface area (Å²) in [6, 6.07) is 0.0313. The van der Waals surface area contributed by atoms with Crippen LogP contribution in [0.2, 0.25) is 0 Å². The van der Waals surface area contributed by atoms with Crippen molar-refractivity contribution in [3.8, 4) is 0 Å². The van der Waals surface area contributed by atoms with Crippen LogP contribution >= 0.6 is 11.3 Å². The van der Waals surface area contributed by atoms with Crippen LogP contribution < -0.4 is 5.32 Å². The Bertz CT molecular complexity index is 557. The van der Waals surface area contributed by atoms with Crippen LogP contribution in [-0.2, 0) is 11.2 Å². The standard InChI is InChI=1S/C15H22N4OS/c1-4-13(15-18-10(2)11(3)21-15)19-14(20)7-5-6-12-8-16-17-9-12/h8-9,13H,4-7H2,1-3H3,(H,16,17)(H,19,20). The summed E-state index contributed by atoms with van der Waals surface area (Å²) in [5.41, 5.74) is 2.20. The van der Waals surface area contributed by atoms with Gasteiger partial charge < -0.3 is 5.32 Å². The van der Waals surface area contributed by atoms with Gasteiger partial charge in [0.1, 0.15) is 5.01 Å². The predicted molar refractivity (Wildman–Crippen MR) is 84.3 cm³/mol. The molecule has 0 saturated heterocycles. The summed E-state index contributed by atoms with van der Waals surface area (Å²) in [5, 5.41) is 10.8. The Morgan fingerprint density at radius 2 is 2.29 bits per heavy atom. The van der Waals surface area contributed by atoms with Gasteiger partial charge in [-0.25, -0.2) is 4.98 Å². The van der Waals surface area contributed by atoms with E-state index in [1.54, 1.807) is 17.5 Å². The van der Waals surface area contributed by atoms with Crippen molar-refractivity contribution in [3.63, 3.8) is 0 Å². The molecule has 0 saturated carbocycles. The molecule has 1 atom stereocenters. The maximum Gasteiger partial charge on any atom is 0.220 e. The second-order valence-electron chi connectivity index (χ2n) is 5.18. The second kappa shape index (κ2) is 7.36. The van der Waals surface area contributed by atoms with Gasteiger partial charge in [0.15, 0.2) is 0 Å². The van der Waals surface area contributed by atoms with Crippen molar-refractivity contribution in [2.45, 2.75) is 52.5 Å². The number of carbonyl (C=O) groups excluding carboxylic acids is 1. The minimum Gasteiger partial charge on any atom is -0.347 e. The fourth-order valence-electron chi connectivity index (χ4n) is 2.12. The Hall–Kier alpha value is -1.69. The molecule has 0 aliphatic rings. The SMILES string of the molecule is CCC(NC(=O)CCCc1cn[nH]c1)c1nc(C)c(C)s1. The van der Waals surface area contributed by atoms with Gasteiger partial charge in [0, 0.05) is 17.5 Å². The lowest BCUT2D eigenvalue weighted by molar-refractivity contribution is -0.122. The molecule has 2 N–H and O–H groups in total. The lowest BCUT2D eigenvalue weighted by Crippen LogP contribution is -2.27. The zero-order chi connectivity index (χ0) is 15.2. The highest BCUT2D eigenvalue weighted by atomic mass is 32.1. The third kappa shape index (κ3) is 4.39. The number of aromatic nitrogens is 3. The number of rotatable bonds is 7. The van der Waals surface area contributed by atoms with Crippen LogP contribution in [0.5, 0.6) is 0 Å². The number of thiazole rings is 1. The van der Waals surface area contributed by atoms with Gasteiger partial charge in [-0.2, -0.15) is 5.10 Å². The van der Waals surface area contributed by atoms with E-state index in [-0.39, 0.29) is 11.9 Å². The molecule has 2 heterocycles. The van der Waals surface area contributed by atoms with Gasteiger partial charge in [0.25, 0.3) is 0 Å². The molecule has 0 aliphatic heterocycles. The van der Waals surface area contributed by atoms with E-state index in [4.69, 9.17) is 0 Å². The van der Waals surface area contributed by atoms with Gasteiger partial charge >= 0.3 is 0 Å². The first-order chi connectivity index (χ1) is 10.1. The monoisotopic (exact) mass is 306 g/mol. The molecule has 0 radical (unpaired) electrons. The zero-order valence-electron chi connectivity index (χ0n) is 12.8. The Morgan fingerprint density at radius 3 is 2.86 bits per heavy atom. The number of hydrogen-bond acceptors (Lipinski definition) is 4. The number of aromatic amines is 1. The van der Waals surface area contributed by atoms with E-state index < -0.39 is 0 Å². The van der Waals surface area contributed by atoms with Crippen molar-refractivity contribution >= 4 is 17.2 Å². The Labute approximate surface area is 129 Å². The van der Waals surface area contributed by atoms with Crippen LogP contribution in [0.25, 0.3) is 0 Å². The predicted octanol–water partition coefficient (Wildman–Crippen LogP) is 3.07. The second-order valence-corrected chi connectivity index (χ2v) is 6.42. The molecular formula is C15H22N4OS. The van der Waals surface area contributed by atoms with Gasteiger partial charge in [-0.05, 0) is 38.7 Å². The molecular weight excluding hydrogens is 284 g/mol. The van der Waals surface area contributed by atoms with Gasteiger partial charge in [-0.15, -0.1) is 11.3 Å². The first kappa shape index (κ1) is 15.7. The molecule has 1 amide bonds. The van der Waals surface area contributed by atoms with Gasteiger partial charge in [0.2, 0.25) is 5.91 Å². The van der Waals surface area contributed by atoms with Gasteiger partial charge in [-0.1, -0.05) is 6.92 Å². The molecule has 1 unspecified atom stereocenters. The highest BCUT2D eigenvalue weighted by Crippen LogP contribution is 2.24. The van der Waals surface area contributed by atoms with Crippen LogP contribution in [0.1, 0.15) is 53.4 Å². The van der Waals surface area contributed by atoms with Crippen molar-refractivity contribution in [1.29, 1.82) is 0 Å². The largest absolute Gasteiger partial charge is 0.347 e. The molecule has 2 aromatic heterocycles. The van der Waals surface area contributed by atoms with E-state index in [2.05, 4.69) is 34.3 Å². The normalized spacial score (nSPS) is 12.3. The van der Waals surface area contributed by atoms with Crippen molar-refractivity contribution in [2.24, 2.45) is 0 Å². The van der Waals surface area contributed by atoms with Crippen molar-refractivity contribution in [1.82, 2.24) is 20.5 Å². The average molecular weight is 306 g/mol. The number of nitrogens with one attached hydrogen (secondary N) is 2. The van der Waals surface area contributed by atoms with Gasteiger partial charge in [-0.3, -0.25) is 9.89 Å². The number of amides is 1. The fourth-order valence-corrected chi connectivity index (χ4v) is 3.18. The fraction of sp³-hybridized carbons (Fsp3) is 0.533. The average Bonchev–Trinajstić information content (AvgIpc) is 3.07. The van der Waals surface area contributed by atoms with E-state index >= 15 is 0 Å². The quantitative estimate of drug-likeness (QED) is 0.826. The van der Waals surface area contributed by atoms with E-state index in [0.717, 1.165) is 35.5 Å². The van der Waals surface area contributed by atoms with Gasteiger partial charge in [0.05, 0.1) is 17.9 Å². The highest BCUT2D eigenvalue weighted by molar-refractivity contribution is 7.11. The van der Waals surface area contributed by atoms with Crippen LogP contribution in [0.3, 0.4) is 0 Å². The lowest BCUT2D eigenvalue weighted by Gasteiger charge is -2.14. The van der Waals surface area contributed by atoms with Crippen LogP contribution in [-0.4, -0.2) is 21.1 Å². The summed E-state index contributed by atoms with van der Waals surface area (Å²) in [7, 11) is 0. The molecule has 0 aliphatic carbocycles. The molecule has 6 heteroatoms. The van der Waals surface area contributed by atoms with E-state index in [0.29, 0.717) is 6.42 Å². The van der Waals surface area contributed by atoms with Crippen molar-refractivity contribution in [2.75, 3.05) is 0 Å². The molecule has 114 valence electrons. The van der Waals surface area contributed by atoms with Crippen LogP contribution in [0, 0.1) is 13.8 Å². The molecule has 21 heavy (non-hydrogen) atoms. The van der Waals surface area contributed by atoms with Crippen molar-refractivity contribution < 1.29 is 4.79 Å². The number of nitrogens with zero attached hydrogens (tertiary/aromatic N) is 2. The highest BCUT2D eigenvalue weighted by Gasteiger charge is 2.17. The third-order valence-corrected chi connectivity index (χ3v) is 4.70. The Balaban J connectivity index is 1.82. The summed E-state index contributed by atoms with van der Waals surface area (Å²) in [6.45, 7) is 6.15. The summed E-state index contributed by atoms with van der Waals surface area (Å²) >= 11 is 1.67. The van der Waals surface area contributed by atoms with Crippen molar-refractivity contribution in [3.05, 3.63) is 33.5 Å². The maximum absolute atomic E-state index is 12.0. The number of aryl methyl sites for hydroxylation is 3. The molecule has 5 nitrogen and oxygen atoms in total. The van der Waals surface area contributed by atoms with E-state index in [9.17, 15) is 4.79 Å². The van der Waals surface area contributed by atoms with E-state index in [1.165, 1.54) is 4.88 Å². The smallest absolute Gasteiger partial charge is 0.220 e. The third-order valence-electron chi connectivity index (χ3n) is 3.51. The number of H-pyrrole nitrogens is 1. The molecule has 0 spiro atoms. The lowest BCUT2D eigenvalue weighted by atomic mass is 10.1. The van der Waals surface area contributed by atoms with E-state index in [1.807, 2.05) is 13.1 Å². The number of hydrogen-bond donors (Lipinski definition) is 2. The maximum atomic E-state index is 12.0. The minimum absolute atomic E-state index is 0.0313. The Morgan fingerprint density at radius 1 is 1.48 bits per heavy atom. The number of carbonyl (C=O) groups is 1. The van der Waals surface area contributed by atoms with Crippen LogP contribution in [0.15, 0.2) is 12.4 Å². The van der Waals surface area contributed by atoms with Crippen LogP contribution in [0.4, 0.5) is 0 Å². The summed E-state index contributed by atoms with van der Waals surface area (Å²) in [6.07, 6.45) is 6.76. The summed E-state index contributed by atoms with van der Waals surface area (Å²) < 4.78 is 0. The first-order valence-corrected chi connectivity index (χ1v) is 8.12.